The van der Waals surface area contributed by atoms with Crippen LogP contribution in [0.15, 0.2) is 40.9 Å². The molecule has 0 spiro atoms. The molecule has 0 amide bonds. The van der Waals surface area contributed by atoms with Crippen LogP contribution in [0.2, 0.25) is 5.02 Å². The van der Waals surface area contributed by atoms with Crippen LogP contribution in [0.1, 0.15) is 11.5 Å². The molecule has 2 aromatic carbocycles. The smallest absolute Gasteiger partial charge is 0.246 e. The summed E-state index contributed by atoms with van der Waals surface area (Å²) in [5, 5.41) is 7.93. The highest BCUT2D eigenvalue weighted by molar-refractivity contribution is 6.31. The summed E-state index contributed by atoms with van der Waals surface area (Å²) in [5.74, 6) is 2.22. The van der Waals surface area contributed by atoms with Crippen molar-refractivity contribution in [1.82, 2.24) is 10.1 Å². The van der Waals surface area contributed by atoms with E-state index >= 15 is 0 Å². The van der Waals surface area contributed by atoms with E-state index in [2.05, 4.69) is 15.5 Å². The molecule has 0 saturated heterocycles. The molecule has 0 unspecified atom stereocenters. The SMILES string of the molecule is COc1ccc(-c2noc(CNc3ccc(C)c(Cl)c3)n2)cc1OC. The Morgan fingerprint density at radius 1 is 1.08 bits per heavy atom. The third-order valence-corrected chi connectivity index (χ3v) is 4.13. The molecule has 25 heavy (non-hydrogen) atoms. The van der Waals surface area contributed by atoms with Crippen LogP contribution in [0.4, 0.5) is 5.69 Å². The lowest BCUT2D eigenvalue weighted by Gasteiger charge is -2.07. The molecule has 6 nitrogen and oxygen atoms in total. The highest BCUT2D eigenvalue weighted by Gasteiger charge is 2.12. The van der Waals surface area contributed by atoms with Gasteiger partial charge in [-0.25, -0.2) is 0 Å². The first-order valence-electron chi connectivity index (χ1n) is 7.65. The lowest BCUT2D eigenvalue weighted by Crippen LogP contribution is -1.99. The molecule has 0 radical (unpaired) electrons. The Morgan fingerprint density at radius 3 is 2.60 bits per heavy atom. The summed E-state index contributed by atoms with van der Waals surface area (Å²) in [6, 6.07) is 11.2. The van der Waals surface area contributed by atoms with Crippen LogP contribution in [0.5, 0.6) is 11.5 Å². The predicted molar refractivity (Wildman–Crippen MR) is 96.4 cm³/mol. The van der Waals surface area contributed by atoms with E-state index in [4.69, 9.17) is 25.6 Å². The molecule has 130 valence electrons. The van der Waals surface area contributed by atoms with Crippen molar-refractivity contribution in [3.05, 3.63) is 52.9 Å². The molecule has 3 aromatic rings. The van der Waals surface area contributed by atoms with Crippen molar-refractivity contribution in [2.24, 2.45) is 0 Å². The summed E-state index contributed by atoms with van der Waals surface area (Å²) in [7, 11) is 3.17. The molecular formula is C18H18ClN3O3. The van der Waals surface area contributed by atoms with E-state index in [0.29, 0.717) is 34.8 Å². The average molecular weight is 360 g/mol. The maximum Gasteiger partial charge on any atom is 0.246 e. The third kappa shape index (κ3) is 3.85. The first-order chi connectivity index (χ1) is 12.1. The molecule has 0 aliphatic heterocycles. The van der Waals surface area contributed by atoms with Crippen LogP contribution in [0.25, 0.3) is 11.4 Å². The number of rotatable bonds is 6. The molecule has 0 atom stereocenters. The van der Waals surface area contributed by atoms with E-state index in [1.807, 2.05) is 31.2 Å². The Balaban J connectivity index is 1.73. The van der Waals surface area contributed by atoms with Crippen LogP contribution < -0.4 is 14.8 Å². The zero-order valence-electron chi connectivity index (χ0n) is 14.2. The van der Waals surface area contributed by atoms with Gasteiger partial charge in [-0.3, -0.25) is 0 Å². The minimum atomic E-state index is 0.402. The normalized spacial score (nSPS) is 10.6. The van der Waals surface area contributed by atoms with Crippen molar-refractivity contribution < 1.29 is 14.0 Å². The van der Waals surface area contributed by atoms with E-state index in [9.17, 15) is 0 Å². The van der Waals surface area contributed by atoms with Gasteiger partial charge < -0.3 is 19.3 Å². The predicted octanol–water partition coefficient (Wildman–Crippen LogP) is 4.33. The van der Waals surface area contributed by atoms with Crippen molar-refractivity contribution in [2.45, 2.75) is 13.5 Å². The zero-order valence-corrected chi connectivity index (χ0v) is 14.9. The molecule has 0 saturated carbocycles. The molecular weight excluding hydrogens is 342 g/mol. The highest BCUT2D eigenvalue weighted by atomic mass is 35.5. The number of ether oxygens (including phenoxy) is 2. The number of nitrogens with zero attached hydrogens (tertiary/aromatic N) is 2. The Labute approximate surface area is 150 Å². The third-order valence-electron chi connectivity index (χ3n) is 3.73. The van der Waals surface area contributed by atoms with Crippen LogP contribution in [-0.2, 0) is 6.54 Å². The lowest BCUT2D eigenvalue weighted by molar-refractivity contribution is 0.355. The number of aromatic nitrogens is 2. The second-order valence-electron chi connectivity index (χ2n) is 5.40. The molecule has 7 heteroatoms. The maximum absolute atomic E-state index is 6.12. The Kier molecular flexibility index (Phi) is 5.09. The van der Waals surface area contributed by atoms with E-state index < -0.39 is 0 Å². The first-order valence-corrected chi connectivity index (χ1v) is 8.03. The van der Waals surface area contributed by atoms with Gasteiger partial charge in [0.2, 0.25) is 11.7 Å². The van der Waals surface area contributed by atoms with Gasteiger partial charge in [0.1, 0.15) is 0 Å². The standard InChI is InChI=1S/C18H18ClN3O3/c1-11-4-6-13(9-14(11)19)20-10-17-21-18(22-25-17)12-5-7-15(23-2)16(8-12)24-3/h4-9,20H,10H2,1-3H3. The van der Waals surface area contributed by atoms with Crippen molar-refractivity contribution in [2.75, 3.05) is 19.5 Å². The molecule has 0 bridgehead atoms. The summed E-state index contributed by atoms with van der Waals surface area (Å²) in [6.07, 6.45) is 0. The summed E-state index contributed by atoms with van der Waals surface area (Å²) in [4.78, 5) is 4.40. The highest BCUT2D eigenvalue weighted by Crippen LogP contribution is 2.31. The van der Waals surface area contributed by atoms with Crippen molar-refractivity contribution in [3.8, 4) is 22.9 Å². The number of anilines is 1. The average Bonchev–Trinajstić information content (AvgIpc) is 3.11. The van der Waals surface area contributed by atoms with E-state index in [1.54, 1.807) is 26.4 Å². The second-order valence-corrected chi connectivity index (χ2v) is 5.81. The molecule has 0 aliphatic carbocycles. The Morgan fingerprint density at radius 2 is 1.88 bits per heavy atom. The van der Waals surface area contributed by atoms with Gasteiger partial charge in [0.15, 0.2) is 11.5 Å². The Hall–Kier alpha value is -2.73. The van der Waals surface area contributed by atoms with Crippen LogP contribution in [-0.4, -0.2) is 24.4 Å². The van der Waals surface area contributed by atoms with Gasteiger partial charge in [-0.1, -0.05) is 22.8 Å². The van der Waals surface area contributed by atoms with E-state index in [1.165, 1.54) is 0 Å². The topological polar surface area (TPSA) is 69.4 Å². The number of methoxy groups -OCH3 is 2. The number of benzene rings is 2. The van der Waals surface area contributed by atoms with E-state index in [0.717, 1.165) is 16.8 Å². The summed E-state index contributed by atoms with van der Waals surface area (Å²) >= 11 is 6.12. The van der Waals surface area contributed by atoms with Crippen molar-refractivity contribution in [3.63, 3.8) is 0 Å². The molecule has 1 heterocycles. The van der Waals surface area contributed by atoms with Gasteiger partial charge in [-0.15, -0.1) is 0 Å². The van der Waals surface area contributed by atoms with Crippen LogP contribution >= 0.6 is 11.6 Å². The fraction of sp³-hybridized carbons (Fsp3) is 0.222. The summed E-state index contributed by atoms with van der Waals surface area (Å²) < 4.78 is 15.8. The van der Waals surface area contributed by atoms with Crippen LogP contribution in [0.3, 0.4) is 0 Å². The summed E-state index contributed by atoms with van der Waals surface area (Å²) in [5.41, 5.74) is 2.70. The maximum atomic E-state index is 6.12. The minimum Gasteiger partial charge on any atom is -0.493 e. The number of hydrogen-bond acceptors (Lipinski definition) is 6. The molecule has 1 aromatic heterocycles. The number of aryl methyl sites for hydroxylation is 1. The van der Waals surface area contributed by atoms with E-state index in [-0.39, 0.29) is 0 Å². The first kappa shape index (κ1) is 17.1. The minimum absolute atomic E-state index is 0.402. The zero-order chi connectivity index (χ0) is 17.8. The second kappa shape index (κ2) is 7.44. The van der Waals surface area contributed by atoms with Gasteiger partial charge in [0, 0.05) is 16.3 Å². The van der Waals surface area contributed by atoms with Gasteiger partial charge >= 0.3 is 0 Å². The van der Waals surface area contributed by atoms with Gasteiger partial charge in [0.05, 0.1) is 20.8 Å². The molecule has 1 N–H and O–H groups in total. The van der Waals surface area contributed by atoms with Gasteiger partial charge in [-0.05, 0) is 42.8 Å². The number of halogens is 1. The lowest BCUT2D eigenvalue weighted by atomic mass is 10.2. The molecule has 0 aliphatic rings. The molecule has 3 rings (SSSR count). The fourth-order valence-electron chi connectivity index (χ4n) is 2.30. The monoisotopic (exact) mass is 359 g/mol. The van der Waals surface area contributed by atoms with Crippen molar-refractivity contribution in [1.29, 1.82) is 0 Å². The Bertz CT molecular complexity index is 880. The number of nitrogens with one attached hydrogen (secondary N) is 1. The fourth-order valence-corrected chi connectivity index (χ4v) is 2.48. The van der Waals surface area contributed by atoms with Crippen molar-refractivity contribution >= 4 is 17.3 Å². The van der Waals surface area contributed by atoms with Gasteiger partial charge in [-0.2, -0.15) is 4.98 Å². The van der Waals surface area contributed by atoms with Crippen LogP contribution in [0, 0.1) is 6.92 Å². The quantitative estimate of drug-likeness (QED) is 0.706. The summed E-state index contributed by atoms with van der Waals surface area (Å²) in [6.45, 7) is 2.36. The largest absolute Gasteiger partial charge is 0.493 e. The number of hydrogen-bond donors (Lipinski definition) is 1. The van der Waals surface area contributed by atoms with Gasteiger partial charge in [0.25, 0.3) is 0 Å². The molecule has 0 fully saturated rings.